The Morgan fingerprint density at radius 2 is 2.12 bits per heavy atom. The Balaban J connectivity index is 1.84. The molecule has 0 radical (unpaired) electrons. The van der Waals surface area contributed by atoms with E-state index in [2.05, 4.69) is 10.1 Å². The molecule has 26 heavy (non-hydrogen) atoms. The number of methoxy groups -OCH3 is 1. The number of para-hydroxylation sites is 1. The van der Waals surface area contributed by atoms with Gasteiger partial charge in [0, 0.05) is 0 Å². The number of carbonyl (C=O) groups is 1. The Kier molecular flexibility index (Phi) is 4.04. The predicted molar refractivity (Wildman–Crippen MR) is 97.8 cm³/mol. The van der Waals surface area contributed by atoms with Crippen molar-refractivity contribution in [3.63, 3.8) is 0 Å². The van der Waals surface area contributed by atoms with Crippen LogP contribution in [-0.2, 0) is 4.74 Å². The molecule has 0 atom stereocenters. The molecular formula is C19H18N4O3. The number of hydrogen-bond acceptors (Lipinski definition) is 6. The van der Waals surface area contributed by atoms with E-state index in [9.17, 15) is 4.79 Å². The molecule has 0 fully saturated rings. The maximum atomic E-state index is 13.0. The number of allylic oxidation sites excluding steroid dienone is 1. The van der Waals surface area contributed by atoms with Gasteiger partial charge in [0.1, 0.15) is 17.2 Å². The lowest BCUT2D eigenvalue weighted by molar-refractivity contribution is 0.0947. The number of hydrogen-bond donors (Lipinski definition) is 1. The highest BCUT2D eigenvalue weighted by Crippen LogP contribution is 2.26. The summed E-state index contributed by atoms with van der Waals surface area (Å²) in [5.41, 5.74) is 7.43. The van der Waals surface area contributed by atoms with Crippen LogP contribution >= 0.6 is 0 Å². The molecular weight excluding hydrogens is 332 g/mol. The van der Waals surface area contributed by atoms with Crippen LogP contribution in [0.2, 0.25) is 0 Å². The van der Waals surface area contributed by atoms with Gasteiger partial charge in [-0.3, -0.25) is 4.79 Å². The Hall–Kier alpha value is -3.35. The minimum absolute atomic E-state index is 0.251. The van der Waals surface area contributed by atoms with E-state index in [1.165, 1.54) is 11.8 Å². The largest absolute Gasteiger partial charge is 0.496 e. The SMILES string of the molecule is COc1ccccc1C(=O)n1nc(N)c2ccc(C3=CCCCO3)nc21. The molecule has 4 rings (SSSR count). The van der Waals surface area contributed by atoms with Gasteiger partial charge in [-0.25, -0.2) is 4.98 Å². The van der Waals surface area contributed by atoms with Crippen LogP contribution in [0.15, 0.2) is 42.5 Å². The van der Waals surface area contributed by atoms with Crippen molar-refractivity contribution in [2.45, 2.75) is 12.8 Å². The third-order valence-electron chi connectivity index (χ3n) is 4.28. The number of rotatable bonds is 3. The fraction of sp³-hybridized carbons (Fsp3) is 0.211. The molecule has 3 aromatic rings. The van der Waals surface area contributed by atoms with Crippen molar-refractivity contribution in [2.75, 3.05) is 19.5 Å². The number of benzene rings is 1. The van der Waals surface area contributed by atoms with Crippen LogP contribution in [0.5, 0.6) is 5.75 Å². The van der Waals surface area contributed by atoms with Gasteiger partial charge < -0.3 is 15.2 Å². The van der Waals surface area contributed by atoms with E-state index in [1.54, 1.807) is 24.3 Å². The van der Waals surface area contributed by atoms with Crippen molar-refractivity contribution in [1.29, 1.82) is 0 Å². The molecule has 2 N–H and O–H groups in total. The van der Waals surface area contributed by atoms with Crippen molar-refractivity contribution in [3.05, 3.63) is 53.7 Å². The maximum Gasteiger partial charge on any atom is 0.283 e. The van der Waals surface area contributed by atoms with Crippen LogP contribution in [0.4, 0.5) is 5.82 Å². The molecule has 0 amide bonds. The first-order valence-electron chi connectivity index (χ1n) is 8.35. The quantitative estimate of drug-likeness (QED) is 0.781. The number of aromatic nitrogens is 3. The summed E-state index contributed by atoms with van der Waals surface area (Å²) in [6.07, 6.45) is 3.93. The van der Waals surface area contributed by atoms with Crippen molar-refractivity contribution in [2.24, 2.45) is 0 Å². The lowest BCUT2D eigenvalue weighted by Gasteiger charge is -2.14. The summed E-state index contributed by atoms with van der Waals surface area (Å²) in [5, 5.41) is 4.81. The van der Waals surface area contributed by atoms with Gasteiger partial charge in [0.25, 0.3) is 5.91 Å². The fourth-order valence-corrected chi connectivity index (χ4v) is 2.97. The minimum atomic E-state index is -0.354. The van der Waals surface area contributed by atoms with E-state index in [-0.39, 0.29) is 11.7 Å². The van der Waals surface area contributed by atoms with Crippen molar-refractivity contribution in [1.82, 2.24) is 14.8 Å². The third-order valence-corrected chi connectivity index (χ3v) is 4.28. The molecule has 0 spiro atoms. The molecule has 132 valence electrons. The van der Waals surface area contributed by atoms with E-state index >= 15 is 0 Å². The third kappa shape index (κ3) is 2.67. The number of nitrogens with two attached hydrogens (primary N) is 1. The Morgan fingerprint density at radius 1 is 1.27 bits per heavy atom. The number of nitrogens with zero attached hydrogens (tertiary/aromatic N) is 3. The van der Waals surface area contributed by atoms with Crippen molar-refractivity contribution < 1.29 is 14.3 Å². The van der Waals surface area contributed by atoms with Gasteiger partial charge in [-0.05, 0) is 43.2 Å². The molecule has 1 aromatic carbocycles. The molecule has 7 heteroatoms. The van der Waals surface area contributed by atoms with E-state index in [4.69, 9.17) is 15.2 Å². The average Bonchev–Trinajstić information content (AvgIpc) is 3.04. The second kappa shape index (κ2) is 6.51. The second-order valence-electron chi connectivity index (χ2n) is 5.93. The van der Waals surface area contributed by atoms with E-state index in [0.717, 1.165) is 12.8 Å². The topological polar surface area (TPSA) is 92.3 Å². The summed E-state index contributed by atoms with van der Waals surface area (Å²) >= 11 is 0. The molecule has 3 heterocycles. The number of fused-ring (bicyclic) bond motifs is 1. The van der Waals surface area contributed by atoms with Gasteiger partial charge in [0.2, 0.25) is 0 Å². The van der Waals surface area contributed by atoms with Crippen LogP contribution in [0.3, 0.4) is 0 Å². The van der Waals surface area contributed by atoms with Gasteiger partial charge in [-0.2, -0.15) is 4.68 Å². The smallest absolute Gasteiger partial charge is 0.283 e. The highest BCUT2D eigenvalue weighted by molar-refractivity contribution is 6.04. The zero-order chi connectivity index (χ0) is 18.1. The lowest BCUT2D eigenvalue weighted by atomic mass is 10.2. The molecule has 0 saturated heterocycles. The predicted octanol–water partition coefficient (Wildman–Crippen LogP) is 2.86. The van der Waals surface area contributed by atoms with E-state index in [1.807, 2.05) is 18.2 Å². The Morgan fingerprint density at radius 3 is 2.88 bits per heavy atom. The zero-order valence-corrected chi connectivity index (χ0v) is 14.3. The van der Waals surface area contributed by atoms with Crippen LogP contribution < -0.4 is 10.5 Å². The molecule has 7 nitrogen and oxygen atoms in total. The monoisotopic (exact) mass is 350 g/mol. The van der Waals surface area contributed by atoms with Crippen molar-refractivity contribution >= 4 is 28.5 Å². The number of anilines is 1. The normalized spacial score (nSPS) is 14.0. The molecule has 0 bridgehead atoms. The van der Waals surface area contributed by atoms with Gasteiger partial charge in [-0.15, -0.1) is 5.10 Å². The molecule has 0 unspecified atom stereocenters. The number of carbonyl (C=O) groups excluding carboxylic acids is 1. The van der Waals surface area contributed by atoms with Crippen LogP contribution in [0, 0.1) is 0 Å². The maximum absolute atomic E-state index is 13.0. The van der Waals surface area contributed by atoms with Crippen LogP contribution in [0.1, 0.15) is 28.9 Å². The lowest BCUT2D eigenvalue weighted by Crippen LogP contribution is -2.15. The van der Waals surface area contributed by atoms with Gasteiger partial charge in [0.05, 0.1) is 24.7 Å². The van der Waals surface area contributed by atoms with Gasteiger partial charge >= 0.3 is 0 Å². The van der Waals surface area contributed by atoms with E-state index < -0.39 is 0 Å². The van der Waals surface area contributed by atoms with Crippen molar-refractivity contribution in [3.8, 4) is 5.75 Å². The minimum Gasteiger partial charge on any atom is -0.496 e. The second-order valence-corrected chi connectivity index (χ2v) is 5.93. The van der Waals surface area contributed by atoms with Gasteiger partial charge in [0.15, 0.2) is 11.5 Å². The molecule has 0 saturated carbocycles. The van der Waals surface area contributed by atoms with Gasteiger partial charge in [-0.1, -0.05) is 12.1 Å². The Labute approximate surface area is 150 Å². The summed E-state index contributed by atoms with van der Waals surface area (Å²) in [5.74, 6) is 1.08. The first kappa shape index (κ1) is 16.1. The standard InChI is InChI=1S/C19H18N4O3/c1-25-15-7-3-2-6-12(15)19(24)23-18-13(17(20)22-23)9-10-14(21-18)16-8-4-5-11-26-16/h2-3,6-10H,4-5,11H2,1H3,(H2,20,22). The first-order valence-corrected chi connectivity index (χ1v) is 8.35. The number of nitrogen functional groups attached to an aromatic ring is 1. The first-order chi connectivity index (χ1) is 12.7. The molecule has 2 aromatic heterocycles. The molecule has 1 aliphatic heterocycles. The fourth-order valence-electron chi connectivity index (χ4n) is 2.97. The van der Waals surface area contributed by atoms with Crippen LogP contribution in [0.25, 0.3) is 16.8 Å². The summed E-state index contributed by atoms with van der Waals surface area (Å²) < 4.78 is 12.2. The number of ether oxygens (including phenoxy) is 2. The highest BCUT2D eigenvalue weighted by Gasteiger charge is 2.21. The average molecular weight is 350 g/mol. The number of pyridine rings is 1. The summed E-state index contributed by atoms with van der Waals surface area (Å²) in [4.78, 5) is 17.6. The molecule has 1 aliphatic rings. The summed E-state index contributed by atoms with van der Waals surface area (Å²) in [7, 11) is 1.52. The molecule has 0 aliphatic carbocycles. The zero-order valence-electron chi connectivity index (χ0n) is 14.3. The summed E-state index contributed by atoms with van der Waals surface area (Å²) in [6.45, 7) is 0.660. The summed E-state index contributed by atoms with van der Waals surface area (Å²) in [6, 6.07) is 10.6. The Bertz CT molecular complexity index is 1020. The highest BCUT2D eigenvalue weighted by atomic mass is 16.5. The van der Waals surface area contributed by atoms with Crippen LogP contribution in [-0.4, -0.2) is 34.4 Å². The van der Waals surface area contributed by atoms with E-state index in [0.29, 0.717) is 40.4 Å².